The molecule has 5 atom stereocenters. The summed E-state index contributed by atoms with van der Waals surface area (Å²) in [4.78, 5) is 29.8. The monoisotopic (exact) mass is 758 g/mol. The van der Waals surface area contributed by atoms with Crippen molar-refractivity contribution in [3.05, 3.63) is 136 Å². The van der Waals surface area contributed by atoms with E-state index in [2.05, 4.69) is 16.1 Å². The second-order valence-corrected chi connectivity index (χ2v) is 15.4. The third-order valence-corrected chi connectivity index (χ3v) is 11.6. The standard InChI is InChI=1S/C44H49F3N2O6/c1-29-9-7-22-42(3)38(36-20-16-32(25-34(50)17-13-29)26-37(36)40(51)39-12-8-24-54-39)21-23-43(42,53)28-49(41(52)48-30(2)33-10-5-4-6-11-33)27-31-14-18-35(19-15-31)55-44(45,46)47/h4-6,8-12,14-16,18-20,24,26,30,34,38,50,53H,7,13,17,21-23,25,27-28H2,1-3H3,(H,48,52). The van der Waals surface area contributed by atoms with E-state index in [9.17, 15) is 33.0 Å². The number of aliphatic hydroxyl groups excluding tert-OH is 1. The molecule has 1 fully saturated rings. The van der Waals surface area contributed by atoms with Crippen molar-refractivity contribution in [3.8, 4) is 5.75 Å². The number of hydrogen-bond donors (Lipinski definition) is 3. The van der Waals surface area contributed by atoms with E-state index in [1.54, 1.807) is 12.1 Å². The summed E-state index contributed by atoms with van der Waals surface area (Å²) in [6, 6.07) is 23.0. The highest BCUT2D eigenvalue weighted by atomic mass is 19.4. The van der Waals surface area contributed by atoms with Gasteiger partial charge in [-0.05, 0) is 117 Å². The number of furan rings is 1. The zero-order chi connectivity index (χ0) is 39.4. The number of urea groups is 1. The maximum atomic E-state index is 14.2. The Morgan fingerprint density at radius 3 is 2.45 bits per heavy atom. The Morgan fingerprint density at radius 2 is 1.76 bits per heavy atom. The minimum atomic E-state index is -4.84. The number of amides is 2. The molecule has 5 unspecified atom stereocenters. The molecule has 3 aliphatic rings. The van der Waals surface area contributed by atoms with Gasteiger partial charge in [-0.1, -0.05) is 73.2 Å². The van der Waals surface area contributed by atoms with Crippen molar-refractivity contribution in [1.29, 1.82) is 0 Å². The molecule has 8 nitrogen and oxygen atoms in total. The zero-order valence-corrected chi connectivity index (χ0v) is 31.4. The van der Waals surface area contributed by atoms with Gasteiger partial charge < -0.3 is 29.6 Å². The number of nitrogens with zero attached hydrogens (tertiary/aromatic N) is 1. The molecular weight excluding hydrogens is 709 g/mol. The van der Waals surface area contributed by atoms with E-state index in [1.165, 1.54) is 35.4 Å². The van der Waals surface area contributed by atoms with Crippen LogP contribution in [-0.4, -0.2) is 51.5 Å². The first-order chi connectivity index (χ1) is 26.1. The molecular formula is C44H49F3N2O6. The van der Waals surface area contributed by atoms with Crippen LogP contribution in [0.15, 0.2) is 107 Å². The van der Waals surface area contributed by atoms with Gasteiger partial charge in [-0.2, -0.15) is 0 Å². The lowest BCUT2D eigenvalue weighted by Gasteiger charge is -2.46. The van der Waals surface area contributed by atoms with E-state index >= 15 is 0 Å². The first kappa shape index (κ1) is 39.8. The summed E-state index contributed by atoms with van der Waals surface area (Å²) in [5.41, 5.74) is 2.32. The Kier molecular flexibility index (Phi) is 11.9. The lowest BCUT2D eigenvalue weighted by Crippen LogP contribution is -2.55. The van der Waals surface area contributed by atoms with Crippen LogP contribution in [0.2, 0.25) is 0 Å². The molecule has 1 saturated carbocycles. The Hall–Kier alpha value is -4.87. The van der Waals surface area contributed by atoms with Crippen LogP contribution in [0.3, 0.4) is 0 Å². The van der Waals surface area contributed by atoms with E-state index in [1.807, 2.05) is 69.3 Å². The second-order valence-electron chi connectivity index (χ2n) is 15.4. The molecule has 2 amide bonds. The van der Waals surface area contributed by atoms with Crippen LogP contribution in [0.25, 0.3) is 0 Å². The molecule has 0 aliphatic heterocycles. The van der Waals surface area contributed by atoms with Crippen molar-refractivity contribution in [2.45, 2.75) is 102 Å². The number of rotatable bonds is 9. The SMILES string of the molecule is CC1=CCCC2(C)C(CCC2(O)CN(Cc2ccc(OC(F)(F)F)cc2)C(=O)NC(C)c2ccccc2)c2ccc(cc2C(=O)c2ccco2)CC(O)CC1. The third-order valence-electron chi connectivity index (χ3n) is 11.6. The summed E-state index contributed by atoms with van der Waals surface area (Å²) in [7, 11) is 0. The molecule has 3 N–H and O–H groups in total. The van der Waals surface area contributed by atoms with Gasteiger partial charge in [0.2, 0.25) is 5.78 Å². The van der Waals surface area contributed by atoms with Gasteiger partial charge in [0, 0.05) is 17.5 Å². The van der Waals surface area contributed by atoms with Crippen molar-refractivity contribution in [2.75, 3.05) is 6.54 Å². The lowest BCUT2D eigenvalue weighted by molar-refractivity contribution is -0.274. The molecule has 1 aromatic heterocycles. The number of halogens is 3. The maximum Gasteiger partial charge on any atom is 0.573 e. The summed E-state index contributed by atoms with van der Waals surface area (Å²) >= 11 is 0. The first-order valence-corrected chi connectivity index (χ1v) is 18.9. The number of alkyl halides is 3. The van der Waals surface area contributed by atoms with Crippen LogP contribution in [0.5, 0.6) is 5.75 Å². The van der Waals surface area contributed by atoms with Gasteiger partial charge in [-0.3, -0.25) is 4.79 Å². The van der Waals surface area contributed by atoms with Crippen molar-refractivity contribution in [1.82, 2.24) is 10.2 Å². The number of aliphatic hydroxyl groups is 2. The average Bonchev–Trinajstić information content (AvgIpc) is 3.77. The van der Waals surface area contributed by atoms with Crippen molar-refractivity contribution >= 4 is 11.8 Å². The fourth-order valence-electron chi connectivity index (χ4n) is 8.37. The largest absolute Gasteiger partial charge is 0.573 e. The smallest absolute Gasteiger partial charge is 0.461 e. The van der Waals surface area contributed by atoms with Crippen molar-refractivity contribution < 1.29 is 42.1 Å². The highest BCUT2D eigenvalue weighted by Crippen LogP contribution is 2.59. The molecule has 292 valence electrons. The Morgan fingerprint density at radius 1 is 1.02 bits per heavy atom. The van der Waals surface area contributed by atoms with E-state index in [0.29, 0.717) is 56.1 Å². The van der Waals surface area contributed by atoms with E-state index in [0.717, 1.165) is 22.3 Å². The van der Waals surface area contributed by atoms with Gasteiger partial charge in [-0.15, -0.1) is 13.2 Å². The van der Waals surface area contributed by atoms with Crippen LogP contribution < -0.4 is 10.1 Å². The van der Waals surface area contributed by atoms with Gasteiger partial charge in [0.1, 0.15) is 5.75 Å². The molecule has 55 heavy (non-hydrogen) atoms. The number of hydrogen-bond acceptors (Lipinski definition) is 6. The molecule has 3 aromatic carbocycles. The molecule has 1 heterocycles. The topological polar surface area (TPSA) is 112 Å². The Balaban J connectivity index is 1.38. The number of allylic oxidation sites excluding steroid dienone is 2. The maximum absolute atomic E-state index is 14.2. The van der Waals surface area contributed by atoms with Gasteiger partial charge >= 0.3 is 12.4 Å². The van der Waals surface area contributed by atoms with Crippen molar-refractivity contribution in [2.24, 2.45) is 5.41 Å². The highest BCUT2D eigenvalue weighted by molar-refractivity contribution is 6.08. The number of benzene rings is 3. The summed E-state index contributed by atoms with van der Waals surface area (Å²) < 4.78 is 48.4. The minimum absolute atomic E-state index is 0.000954. The molecule has 3 aliphatic carbocycles. The van der Waals surface area contributed by atoms with Crippen LogP contribution >= 0.6 is 0 Å². The molecule has 4 aromatic rings. The minimum Gasteiger partial charge on any atom is -0.461 e. The van der Waals surface area contributed by atoms with Gasteiger partial charge in [0.25, 0.3) is 0 Å². The van der Waals surface area contributed by atoms with Gasteiger partial charge in [0.05, 0.1) is 30.6 Å². The fourth-order valence-corrected chi connectivity index (χ4v) is 8.37. The van der Waals surface area contributed by atoms with E-state index < -0.39 is 29.5 Å². The van der Waals surface area contributed by atoms with E-state index in [4.69, 9.17) is 4.42 Å². The van der Waals surface area contributed by atoms with Crippen LogP contribution in [0.1, 0.15) is 110 Å². The average molecular weight is 759 g/mol. The normalized spacial score (nSPS) is 23.6. The van der Waals surface area contributed by atoms with Gasteiger partial charge in [-0.25, -0.2) is 4.79 Å². The molecule has 2 bridgehead atoms. The zero-order valence-electron chi connectivity index (χ0n) is 31.4. The quantitative estimate of drug-likeness (QED) is 0.116. The van der Waals surface area contributed by atoms with Crippen LogP contribution in [0.4, 0.5) is 18.0 Å². The lowest BCUT2D eigenvalue weighted by atomic mass is 9.64. The summed E-state index contributed by atoms with van der Waals surface area (Å²) in [6.45, 7) is 5.86. The van der Waals surface area contributed by atoms with Crippen LogP contribution in [-0.2, 0) is 13.0 Å². The number of carbonyl (C=O) groups excluding carboxylic acids is 2. The third kappa shape index (κ3) is 9.33. The summed E-state index contributed by atoms with van der Waals surface area (Å²) in [5.74, 6) is -0.770. The Bertz CT molecular complexity index is 1960. The molecule has 0 radical (unpaired) electrons. The van der Waals surface area contributed by atoms with Crippen molar-refractivity contribution in [3.63, 3.8) is 0 Å². The Labute approximate surface area is 320 Å². The second kappa shape index (κ2) is 16.5. The predicted octanol–water partition coefficient (Wildman–Crippen LogP) is 9.42. The molecule has 7 rings (SSSR count). The number of fused-ring (bicyclic) bond motifs is 8. The predicted molar refractivity (Wildman–Crippen MR) is 202 cm³/mol. The van der Waals surface area contributed by atoms with Gasteiger partial charge in [0.15, 0.2) is 5.76 Å². The number of nitrogens with one attached hydrogen (secondary N) is 1. The molecule has 11 heteroatoms. The fraction of sp³-hybridized carbons (Fsp3) is 0.409. The molecule has 0 saturated heterocycles. The summed E-state index contributed by atoms with van der Waals surface area (Å²) in [5, 5.41) is 27.0. The molecule has 0 spiro atoms. The number of ether oxygens (including phenoxy) is 1. The first-order valence-electron chi connectivity index (χ1n) is 18.9. The van der Waals surface area contributed by atoms with Crippen LogP contribution in [0, 0.1) is 5.41 Å². The highest BCUT2D eigenvalue weighted by Gasteiger charge is 2.57. The van der Waals surface area contributed by atoms with E-state index in [-0.39, 0.29) is 42.3 Å². The number of carbonyl (C=O) groups is 2. The number of ketones is 1. The summed E-state index contributed by atoms with van der Waals surface area (Å²) in [6.07, 6.45) is 1.80.